The Bertz CT molecular complexity index is 536. The van der Waals surface area contributed by atoms with E-state index < -0.39 is 0 Å². The number of piperazine rings is 1. The number of alkyl halides is 1. The van der Waals surface area contributed by atoms with Gasteiger partial charge in [0.05, 0.1) is 5.38 Å². The topological polar surface area (TPSA) is 6.48 Å². The molecule has 0 radical (unpaired) electrons. The van der Waals surface area contributed by atoms with Crippen LogP contribution in [0.25, 0.3) is 0 Å². The molecule has 0 spiro atoms. The number of rotatable bonds is 4. The summed E-state index contributed by atoms with van der Waals surface area (Å²) >= 11 is 6.54. The molecule has 1 saturated heterocycles. The second kappa shape index (κ2) is 6.97. The van der Waals surface area contributed by atoms with E-state index in [4.69, 9.17) is 11.6 Å². The zero-order chi connectivity index (χ0) is 14.5. The van der Waals surface area contributed by atoms with Crippen LogP contribution in [0.3, 0.4) is 0 Å². The summed E-state index contributed by atoms with van der Waals surface area (Å²) in [5, 5.41) is 0.0782. The molecule has 2 aromatic rings. The Morgan fingerprint density at radius 1 is 0.810 bits per heavy atom. The van der Waals surface area contributed by atoms with Crippen LogP contribution in [0.5, 0.6) is 0 Å². The normalized spacial score (nSPS) is 17.7. The lowest BCUT2D eigenvalue weighted by atomic mass is 10.1. The van der Waals surface area contributed by atoms with E-state index in [2.05, 4.69) is 64.4 Å². The molecular weight excluding hydrogens is 280 g/mol. The van der Waals surface area contributed by atoms with Gasteiger partial charge >= 0.3 is 0 Å². The molecule has 110 valence electrons. The van der Waals surface area contributed by atoms with Crippen molar-refractivity contribution in [3.05, 3.63) is 66.2 Å². The lowest BCUT2D eigenvalue weighted by Gasteiger charge is -2.36. The van der Waals surface area contributed by atoms with Crippen molar-refractivity contribution in [1.29, 1.82) is 0 Å². The zero-order valence-corrected chi connectivity index (χ0v) is 12.9. The third-order valence-electron chi connectivity index (χ3n) is 4.07. The molecule has 0 amide bonds. The second-order valence-corrected chi connectivity index (χ2v) is 6.03. The Balaban J connectivity index is 1.52. The molecule has 3 rings (SSSR count). The summed E-state index contributed by atoms with van der Waals surface area (Å²) < 4.78 is 0. The summed E-state index contributed by atoms with van der Waals surface area (Å²) in [7, 11) is 0. The van der Waals surface area contributed by atoms with E-state index in [9.17, 15) is 0 Å². The van der Waals surface area contributed by atoms with Crippen molar-refractivity contribution in [3.8, 4) is 0 Å². The maximum atomic E-state index is 6.54. The van der Waals surface area contributed by atoms with Crippen molar-refractivity contribution in [2.75, 3.05) is 37.6 Å². The monoisotopic (exact) mass is 300 g/mol. The van der Waals surface area contributed by atoms with Gasteiger partial charge < -0.3 is 4.90 Å². The summed E-state index contributed by atoms with van der Waals surface area (Å²) in [6.45, 7) is 5.22. The Hall–Kier alpha value is -1.51. The molecule has 0 aliphatic carbocycles. The average Bonchev–Trinajstić information content (AvgIpc) is 2.57. The van der Waals surface area contributed by atoms with Crippen molar-refractivity contribution in [2.45, 2.75) is 5.38 Å². The minimum Gasteiger partial charge on any atom is -0.369 e. The van der Waals surface area contributed by atoms with E-state index in [-0.39, 0.29) is 5.38 Å². The first kappa shape index (κ1) is 14.4. The molecule has 1 unspecified atom stereocenters. The molecule has 1 fully saturated rings. The summed E-state index contributed by atoms with van der Waals surface area (Å²) in [6.07, 6.45) is 0. The fourth-order valence-electron chi connectivity index (χ4n) is 2.82. The molecule has 0 aromatic heterocycles. The fourth-order valence-corrected chi connectivity index (χ4v) is 3.16. The highest BCUT2D eigenvalue weighted by molar-refractivity contribution is 6.21. The number of halogens is 1. The van der Waals surface area contributed by atoms with Crippen molar-refractivity contribution in [3.63, 3.8) is 0 Å². The highest BCUT2D eigenvalue weighted by Crippen LogP contribution is 2.23. The van der Waals surface area contributed by atoms with Crippen LogP contribution < -0.4 is 4.90 Å². The van der Waals surface area contributed by atoms with Gasteiger partial charge in [0, 0.05) is 38.4 Å². The summed E-state index contributed by atoms with van der Waals surface area (Å²) in [4.78, 5) is 4.91. The Morgan fingerprint density at radius 2 is 1.38 bits per heavy atom. The van der Waals surface area contributed by atoms with Crippen LogP contribution in [0, 0.1) is 0 Å². The Labute approximate surface area is 131 Å². The average molecular weight is 301 g/mol. The highest BCUT2D eigenvalue weighted by Gasteiger charge is 2.19. The van der Waals surface area contributed by atoms with Crippen LogP contribution in [0.1, 0.15) is 10.9 Å². The molecule has 1 heterocycles. The Kier molecular flexibility index (Phi) is 4.79. The third-order valence-corrected chi connectivity index (χ3v) is 4.46. The standard InChI is InChI=1S/C18H21ClN2/c19-18(16-7-3-1-4-8-16)15-20-11-13-21(14-12-20)17-9-5-2-6-10-17/h1-10,18H,11-15H2. The SMILES string of the molecule is ClC(CN1CCN(c2ccccc2)CC1)c1ccccc1. The number of para-hydroxylation sites is 1. The van der Waals surface area contributed by atoms with Gasteiger partial charge in [-0.1, -0.05) is 48.5 Å². The van der Waals surface area contributed by atoms with Gasteiger partial charge in [-0.25, -0.2) is 0 Å². The van der Waals surface area contributed by atoms with E-state index in [1.807, 2.05) is 6.07 Å². The van der Waals surface area contributed by atoms with Crippen molar-refractivity contribution >= 4 is 17.3 Å². The van der Waals surface area contributed by atoms with E-state index in [0.29, 0.717) is 0 Å². The number of anilines is 1. The first-order valence-corrected chi connectivity index (χ1v) is 7.98. The molecule has 21 heavy (non-hydrogen) atoms. The first-order chi connectivity index (χ1) is 10.3. The number of hydrogen-bond acceptors (Lipinski definition) is 2. The fraction of sp³-hybridized carbons (Fsp3) is 0.333. The van der Waals surface area contributed by atoms with Gasteiger partial charge in [-0.05, 0) is 17.7 Å². The second-order valence-electron chi connectivity index (χ2n) is 5.50. The molecule has 1 atom stereocenters. The predicted octanol–water partition coefficient (Wildman–Crippen LogP) is 3.79. The predicted molar refractivity (Wildman–Crippen MR) is 90.1 cm³/mol. The van der Waals surface area contributed by atoms with Gasteiger partial charge in [0.25, 0.3) is 0 Å². The molecule has 3 heteroatoms. The smallest absolute Gasteiger partial charge is 0.0712 e. The van der Waals surface area contributed by atoms with Crippen LogP contribution in [0.15, 0.2) is 60.7 Å². The first-order valence-electron chi connectivity index (χ1n) is 7.54. The molecule has 2 nitrogen and oxygen atoms in total. The van der Waals surface area contributed by atoms with Gasteiger partial charge in [0.2, 0.25) is 0 Å². The molecule has 0 N–H and O–H groups in total. The van der Waals surface area contributed by atoms with Crippen LogP contribution in [0.4, 0.5) is 5.69 Å². The van der Waals surface area contributed by atoms with E-state index in [1.165, 1.54) is 11.3 Å². The summed E-state index contributed by atoms with van der Waals surface area (Å²) in [5.74, 6) is 0. The summed E-state index contributed by atoms with van der Waals surface area (Å²) in [5.41, 5.74) is 2.53. The van der Waals surface area contributed by atoms with Crippen molar-refractivity contribution < 1.29 is 0 Å². The van der Waals surface area contributed by atoms with Gasteiger partial charge in [-0.3, -0.25) is 4.90 Å². The maximum Gasteiger partial charge on any atom is 0.0712 e. The zero-order valence-electron chi connectivity index (χ0n) is 12.2. The third kappa shape index (κ3) is 3.78. The Morgan fingerprint density at radius 3 is 2.00 bits per heavy atom. The lowest BCUT2D eigenvalue weighted by Crippen LogP contribution is -2.47. The quantitative estimate of drug-likeness (QED) is 0.793. The molecule has 1 aliphatic rings. The van der Waals surface area contributed by atoms with Gasteiger partial charge in [-0.15, -0.1) is 11.6 Å². The van der Waals surface area contributed by atoms with Crippen LogP contribution >= 0.6 is 11.6 Å². The number of benzene rings is 2. The molecule has 0 saturated carbocycles. The van der Waals surface area contributed by atoms with Crippen LogP contribution in [-0.2, 0) is 0 Å². The van der Waals surface area contributed by atoms with E-state index in [1.54, 1.807) is 0 Å². The van der Waals surface area contributed by atoms with Crippen LogP contribution in [-0.4, -0.2) is 37.6 Å². The van der Waals surface area contributed by atoms with E-state index >= 15 is 0 Å². The maximum absolute atomic E-state index is 6.54. The lowest BCUT2D eigenvalue weighted by molar-refractivity contribution is 0.258. The van der Waals surface area contributed by atoms with Gasteiger partial charge in [0.15, 0.2) is 0 Å². The molecule has 0 bridgehead atoms. The minimum atomic E-state index is 0.0782. The summed E-state index contributed by atoms with van der Waals surface area (Å²) in [6, 6.07) is 21.0. The van der Waals surface area contributed by atoms with Crippen molar-refractivity contribution in [1.82, 2.24) is 4.90 Å². The minimum absolute atomic E-state index is 0.0782. The van der Waals surface area contributed by atoms with Gasteiger partial charge in [-0.2, -0.15) is 0 Å². The molecule has 1 aliphatic heterocycles. The highest BCUT2D eigenvalue weighted by atomic mass is 35.5. The van der Waals surface area contributed by atoms with Gasteiger partial charge in [0.1, 0.15) is 0 Å². The van der Waals surface area contributed by atoms with Crippen molar-refractivity contribution in [2.24, 2.45) is 0 Å². The van der Waals surface area contributed by atoms with E-state index in [0.717, 1.165) is 32.7 Å². The number of nitrogens with zero attached hydrogens (tertiary/aromatic N) is 2. The largest absolute Gasteiger partial charge is 0.369 e. The number of hydrogen-bond donors (Lipinski definition) is 0. The van der Waals surface area contributed by atoms with Crippen LogP contribution in [0.2, 0.25) is 0 Å². The molecular formula is C18H21ClN2. The molecule has 2 aromatic carbocycles.